The van der Waals surface area contributed by atoms with Gasteiger partial charge >= 0.3 is 0 Å². The molecular formula is C27H23FIN3O4. The number of aryl methyl sites for hydroxylation is 2. The van der Waals surface area contributed by atoms with Crippen molar-refractivity contribution in [2.24, 2.45) is 0 Å². The number of hydrogen-bond acceptors (Lipinski definition) is 5. The zero-order chi connectivity index (χ0) is 26.2. The lowest BCUT2D eigenvalue weighted by molar-refractivity contribution is -0.118. The van der Waals surface area contributed by atoms with E-state index in [1.165, 1.54) is 37.5 Å². The summed E-state index contributed by atoms with van der Waals surface area (Å²) in [6, 6.07) is 16.0. The van der Waals surface area contributed by atoms with Crippen LogP contribution in [0.15, 0.2) is 60.2 Å². The predicted octanol–water partition coefficient (Wildman–Crippen LogP) is 5.62. The number of hydrogen-bond donors (Lipinski definition) is 2. The molecule has 0 unspecified atom stereocenters. The van der Waals surface area contributed by atoms with Crippen molar-refractivity contribution in [1.29, 1.82) is 5.26 Å². The van der Waals surface area contributed by atoms with E-state index >= 15 is 0 Å². The molecule has 0 aliphatic rings. The number of carbonyl (C=O) groups is 2. The second-order valence-corrected chi connectivity index (χ2v) is 8.96. The van der Waals surface area contributed by atoms with Crippen molar-refractivity contribution < 1.29 is 23.5 Å². The van der Waals surface area contributed by atoms with Crippen LogP contribution in [0.2, 0.25) is 0 Å². The van der Waals surface area contributed by atoms with E-state index in [1.54, 1.807) is 12.1 Å². The van der Waals surface area contributed by atoms with Gasteiger partial charge in [-0.1, -0.05) is 6.07 Å². The third kappa shape index (κ3) is 7.05. The third-order valence-corrected chi connectivity index (χ3v) is 5.97. The second kappa shape index (κ2) is 12.2. The summed E-state index contributed by atoms with van der Waals surface area (Å²) in [5.74, 6) is -0.704. The fourth-order valence-electron chi connectivity index (χ4n) is 3.16. The first-order valence-corrected chi connectivity index (χ1v) is 11.8. The summed E-state index contributed by atoms with van der Waals surface area (Å²) in [5.41, 5.74) is 3.60. The van der Waals surface area contributed by atoms with Crippen molar-refractivity contribution in [3.8, 4) is 17.6 Å². The maximum atomic E-state index is 13.1. The first kappa shape index (κ1) is 26.7. The molecule has 3 aromatic rings. The molecule has 0 aliphatic heterocycles. The van der Waals surface area contributed by atoms with E-state index in [1.807, 2.05) is 60.7 Å². The number of ether oxygens (including phenoxy) is 2. The standard InChI is InChI=1S/C27H23FIN3O4/c1-16-4-7-22(10-17(16)2)31-25(33)15-36-26-23(29)12-18(13-24(26)35-3)11-19(14-30)27(34)32-21-8-5-20(28)6-9-21/h4-13H,15H2,1-3H3,(H,31,33)(H,32,34)/b19-11+. The monoisotopic (exact) mass is 599 g/mol. The highest BCUT2D eigenvalue weighted by molar-refractivity contribution is 14.1. The molecular weight excluding hydrogens is 576 g/mol. The number of rotatable bonds is 8. The molecule has 2 N–H and O–H groups in total. The van der Waals surface area contributed by atoms with E-state index < -0.39 is 11.7 Å². The lowest BCUT2D eigenvalue weighted by Gasteiger charge is -2.14. The van der Waals surface area contributed by atoms with Crippen LogP contribution in [0.4, 0.5) is 15.8 Å². The van der Waals surface area contributed by atoms with Gasteiger partial charge in [-0.15, -0.1) is 0 Å². The minimum atomic E-state index is -0.638. The molecule has 3 rings (SSSR count). The van der Waals surface area contributed by atoms with Crippen molar-refractivity contribution in [3.63, 3.8) is 0 Å². The maximum absolute atomic E-state index is 13.1. The molecule has 0 fully saturated rings. The van der Waals surface area contributed by atoms with Crippen LogP contribution < -0.4 is 20.1 Å². The lowest BCUT2D eigenvalue weighted by atomic mass is 10.1. The van der Waals surface area contributed by atoms with Gasteiger partial charge in [-0.2, -0.15) is 5.26 Å². The van der Waals surface area contributed by atoms with Gasteiger partial charge < -0.3 is 20.1 Å². The highest BCUT2D eigenvalue weighted by Gasteiger charge is 2.15. The molecule has 9 heteroatoms. The molecule has 0 radical (unpaired) electrons. The van der Waals surface area contributed by atoms with Gasteiger partial charge in [-0.3, -0.25) is 9.59 Å². The topological polar surface area (TPSA) is 100 Å². The summed E-state index contributed by atoms with van der Waals surface area (Å²) < 4.78 is 24.8. The van der Waals surface area contributed by atoms with Gasteiger partial charge in [0.15, 0.2) is 18.1 Å². The van der Waals surface area contributed by atoms with E-state index in [0.717, 1.165) is 11.1 Å². The van der Waals surface area contributed by atoms with Crippen LogP contribution in [-0.4, -0.2) is 25.5 Å². The SMILES string of the molecule is COc1cc(/C=C(\C#N)C(=O)Nc2ccc(F)cc2)cc(I)c1OCC(=O)Nc1ccc(C)c(C)c1. The Kier molecular flexibility index (Phi) is 9.02. The van der Waals surface area contributed by atoms with E-state index in [4.69, 9.17) is 9.47 Å². The van der Waals surface area contributed by atoms with E-state index in [0.29, 0.717) is 32.0 Å². The minimum absolute atomic E-state index is 0.154. The number of methoxy groups -OCH3 is 1. The van der Waals surface area contributed by atoms with Crippen LogP contribution >= 0.6 is 22.6 Å². The average Bonchev–Trinajstić information content (AvgIpc) is 2.85. The Balaban J connectivity index is 1.73. The van der Waals surface area contributed by atoms with E-state index in [9.17, 15) is 19.2 Å². The van der Waals surface area contributed by atoms with Gasteiger partial charge in [0.05, 0.1) is 10.7 Å². The fraction of sp³-hybridized carbons (Fsp3) is 0.148. The van der Waals surface area contributed by atoms with Crippen LogP contribution in [0.5, 0.6) is 11.5 Å². The molecule has 0 spiro atoms. The Bertz CT molecular complexity index is 1360. The van der Waals surface area contributed by atoms with Crippen LogP contribution in [0.25, 0.3) is 6.08 Å². The van der Waals surface area contributed by atoms with Gasteiger partial charge in [0.25, 0.3) is 11.8 Å². The Morgan fingerprint density at radius 3 is 2.36 bits per heavy atom. The fourth-order valence-corrected chi connectivity index (χ4v) is 3.95. The van der Waals surface area contributed by atoms with Crippen molar-refractivity contribution in [3.05, 3.63) is 86.2 Å². The number of carbonyl (C=O) groups excluding carboxylic acids is 2. The maximum Gasteiger partial charge on any atom is 0.266 e. The zero-order valence-corrected chi connectivity index (χ0v) is 22.0. The molecule has 0 heterocycles. The molecule has 0 aliphatic carbocycles. The number of halogens is 2. The highest BCUT2D eigenvalue weighted by atomic mass is 127. The zero-order valence-electron chi connectivity index (χ0n) is 19.8. The normalized spacial score (nSPS) is 10.8. The molecule has 184 valence electrons. The van der Waals surface area contributed by atoms with Crippen LogP contribution in [-0.2, 0) is 9.59 Å². The van der Waals surface area contributed by atoms with E-state index in [2.05, 4.69) is 10.6 Å². The van der Waals surface area contributed by atoms with Crippen molar-refractivity contribution in [1.82, 2.24) is 0 Å². The summed E-state index contributed by atoms with van der Waals surface area (Å²) in [6.45, 7) is 3.72. The molecule has 0 bridgehead atoms. The molecule has 3 aromatic carbocycles. The Hall–Kier alpha value is -3.91. The summed E-state index contributed by atoms with van der Waals surface area (Å²) >= 11 is 2.03. The Morgan fingerprint density at radius 2 is 1.72 bits per heavy atom. The van der Waals surface area contributed by atoms with Gasteiger partial charge in [0.1, 0.15) is 17.5 Å². The Labute approximate surface area is 222 Å². The second-order valence-electron chi connectivity index (χ2n) is 7.80. The first-order chi connectivity index (χ1) is 17.2. The summed E-state index contributed by atoms with van der Waals surface area (Å²) in [4.78, 5) is 24.9. The molecule has 36 heavy (non-hydrogen) atoms. The third-order valence-electron chi connectivity index (χ3n) is 5.17. The van der Waals surface area contributed by atoms with E-state index in [-0.39, 0.29) is 18.1 Å². The molecule has 2 amide bonds. The summed E-state index contributed by atoms with van der Waals surface area (Å²) in [5, 5.41) is 14.8. The number of benzene rings is 3. The van der Waals surface area contributed by atoms with Gasteiger partial charge in [0, 0.05) is 11.4 Å². The predicted molar refractivity (Wildman–Crippen MR) is 144 cm³/mol. The van der Waals surface area contributed by atoms with Gasteiger partial charge in [0.2, 0.25) is 0 Å². The first-order valence-electron chi connectivity index (χ1n) is 10.8. The molecule has 0 saturated heterocycles. The number of amides is 2. The number of nitriles is 1. The average molecular weight is 599 g/mol. The summed E-state index contributed by atoms with van der Waals surface area (Å²) in [7, 11) is 1.45. The smallest absolute Gasteiger partial charge is 0.266 e. The molecule has 0 saturated carbocycles. The number of nitrogens with one attached hydrogen (secondary N) is 2. The van der Waals surface area contributed by atoms with Gasteiger partial charge in [-0.25, -0.2) is 4.39 Å². The quantitative estimate of drug-likeness (QED) is 0.199. The van der Waals surface area contributed by atoms with Crippen LogP contribution in [0.3, 0.4) is 0 Å². The number of anilines is 2. The van der Waals surface area contributed by atoms with Crippen molar-refractivity contribution >= 4 is 51.9 Å². The lowest BCUT2D eigenvalue weighted by Crippen LogP contribution is -2.20. The van der Waals surface area contributed by atoms with Crippen LogP contribution in [0.1, 0.15) is 16.7 Å². The van der Waals surface area contributed by atoms with Gasteiger partial charge in [-0.05, 0) is 108 Å². The van der Waals surface area contributed by atoms with Crippen molar-refractivity contribution in [2.45, 2.75) is 13.8 Å². The van der Waals surface area contributed by atoms with Crippen molar-refractivity contribution in [2.75, 3.05) is 24.4 Å². The minimum Gasteiger partial charge on any atom is -0.493 e. The molecule has 0 aromatic heterocycles. The Morgan fingerprint density at radius 1 is 1.03 bits per heavy atom. The summed E-state index contributed by atoms with van der Waals surface area (Å²) in [6.07, 6.45) is 1.40. The molecule has 0 atom stereocenters. The highest BCUT2D eigenvalue weighted by Crippen LogP contribution is 2.34. The number of nitrogens with zero attached hydrogens (tertiary/aromatic N) is 1. The largest absolute Gasteiger partial charge is 0.493 e. The van der Waals surface area contributed by atoms with Crippen LogP contribution in [0, 0.1) is 34.6 Å². The molecule has 7 nitrogen and oxygen atoms in total.